The van der Waals surface area contributed by atoms with Crippen LogP contribution < -0.4 is 21.1 Å². The quantitative estimate of drug-likeness (QED) is 0.344. The zero-order valence-electron chi connectivity index (χ0n) is 19.5. The number of amides is 1. The van der Waals surface area contributed by atoms with E-state index in [-0.39, 0.29) is 45.6 Å². The number of fused-ring (bicyclic) bond motifs is 2. The molecule has 0 aliphatic carbocycles. The number of hydrogen-bond acceptors (Lipinski definition) is 7. The summed E-state index contributed by atoms with van der Waals surface area (Å²) in [5.41, 5.74) is 1.66. The van der Waals surface area contributed by atoms with E-state index in [2.05, 4.69) is 5.32 Å². The Bertz CT molecular complexity index is 1750. The zero-order valence-corrected chi connectivity index (χ0v) is 19.5. The number of carbonyl (C=O) groups excluding carboxylic acids is 1. The van der Waals surface area contributed by atoms with E-state index in [1.807, 2.05) is 0 Å². The highest BCUT2D eigenvalue weighted by Crippen LogP contribution is 2.31. The van der Waals surface area contributed by atoms with Gasteiger partial charge in [-0.3, -0.25) is 9.59 Å². The summed E-state index contributed by atoms with van der Waals surface area (Å²) >= 11 is 0. The van der Waals surface area contributed by atoms with E-state index in [1.54, 1.807) is 55.6 Å². The van der Waals surface area contributed by atoms with Gasteiger partial charge in [0.15, 0.2) is 5.43 Å². The number of ether oxygens (including phenoxy) is 1. The number of methoxy groups -OCH3 is 1. The van der Waals surface area contributed by atoms with Gasteiger partial charge in [0.2, 0.25) is 5.91 Å². The third-order valence-electron chi connectivity index (χ3n) is 5.91. The number of aromatic hydroxyl groups is 1. The molecule has 0 aliphatic heterocycles. The lowest BCUT2D eigenvalue weighted by Gasteiger charge is -2.10. The average Bonchev–Trinajstić information content (AvgIpc) is 2.87. The predicted octanol–water partition coefficient (Wildman–Crippen LogP) is 4.83. The standard InChI is InChI=1S/C28H21NO7/c1-15(30)29-19-6-10-25-23(13-19)26(32)18(14-35-25)12-22-24(31)9-5-17-11-21(28(33)36-27(17)22)16-3-7-20(34-2)8-4-16/h3-11,13-14,31H,12H2,1-2H3,(H,29,30). The van der Waals surface area contributed by atoms with E-state index < -0.39 is 5.63 Å². The molecule has 0 fully saturated rings. The summed E-state index contributed by atoms with van der Waals surface area (Å²) in [6, 6.07) is 16.6. The number of benzene rings is 3. The van der Waals surface area contributed by atoms with Gasteiger partial charge in [0.25, 0.3) is 0 Å². The van der Waals surface area contributed by atoms with Crippen LogP contribution in [0.2, 0.25) is 0 Å². The molecule has 5 aromatic rings. The zero-order chi connectivity index (χ0) is 25.4. The van der Waals surface area contributed by atoms with Gasteiger partial charge >= 0.3 is 5.63 Å². The second-order valence-corrected chi connectivity index (χ2v) is 8.32. The van der Waals surface area contributed by atoms with Crippen LogP contribution in [-0.2, 0) is 11.2 Å². The highest BCUT2D eigenvalue weighted by molar-refractivity contribution is 5.92. The van der Waals surface area contributed by atoms with E-state index in [9.17, 15) is 19.5 Å². The van der Waals surface area contributed by atoms with Crippen LogP contribution in [0.1, 0.15) is 18.1 Å². The van der Waals surface area contributed by atoms with Crippen LogP contribution in [0, 0.1) is 0 Å². The first-order valence-electron chi connectivity index (χ1n) is 11.1. The number of carbonyl (C=O) groups is 1. The molecule has 2 aromatic heterocycles. The molecule has 36 heavy (non-hydrogen) atoms. The number of anilines is 1. The van der Waals surface area contributed by atoms with Crippen molar-refractivity contribution >= 4 is 33.5 Å². The molecular weight excluding hydrogens is 462 g/mol. The van der Waals surface area contributed by atoms with Crippen LogP contribution in [0.15, 0.2) is 85.4 Å². The van der Waals surface area contributed by atoms with E-state index in [1.165, 1.54) is 25.3 Å². The fraction of sp³-hybridized carbons (Fsp3) is 0.107. The Labute approximate surface area is 204 Å². The molecule has 1 amide bonds. The van der Waals surface area contributed by atoms with Crippen LogP contribution in [0.5, 0.6) is 11.5 Å². The molecule has 180 valence electrons. The van der Waals surface area contributed by atoms with Gasteiger partial charge in [-0.05, 0) is 54.1 Å². The summed E-state index contributed by atoms with van der Waals surface area (Å²) in [5, 5.41) is 14.1. The van der Waals surface area contributed by atoms with E-state index >= 15 is 0 Å². The van der Waals surface area contributed by atoms with Gasteiger partial charge in [0.1, 0.15) is 22.7 Å². The van der Waals surface area contributed by atoms with Gasteiger partial charge in [-0.15, -0.1) is 0 Å². The minimum atomic E-state index is -0.579. The highest BCUT2D eigenvalue weighted by Gasteiger charge is 2.17. The molecule has 3 aromatic carbocycles. The maximum atomic E-state index is 13.2. The van der Waals surface area contributed by atoms with Gasteiger partial charge < -0.3 is 24.0 Å². The number of hydrogen-bond donors (Lipinski definition) is 2. The largest absolute Gasteiger partial charge is 0.508 e. The van der Waals surface area contributed by atoms with Crippen LogP contribution in [0.4, 0.5) is 5.69 Å². The second-order valence-electron chi connectivity index (χ2n) is 8.32. The molecule has 0 spiro atoms. The summed E-state index contributed by atoms with van der Waals surface area (Å²) in [7, 11) is 1.56. The van der Waals surface area contributed by atoms with Gasteiger partial charge in [-0.25, -0.2) is 4.79 Å². The minimum absolute atomic E-state index is 0.0311. The molecule has 0 unspecified atom stereocenters. The lowest BCUT2D eigenvalue weighted by Crippen LogP contribution is -2.11. The monoisotopic (exact) mass is 483 g/mol. The molecule has 0 atom stereocenters. The topological polar surface area (TPSA) is 119 Å². The molecule has 8 nitrogen and oxygen atoms in total. The molecule has 0 radical (unpaired) electrons. The summed E-state index contributed by atoms with van der Waals surface area (Å²) in [6.45, 7) is 1.38. The summed E-state index contributed by atoms with van der Waals surface area (Å²) in [6.07, 6.45) is 1.29. The van der Waals surface area contributed by atoms with Crippen molar-refractivity contribution in [2.24, 2.45) is 0 Å². The number of rotatable bonds is 5. The third-order valence-corrected chi connectivity index (χ3v) is 5.91. The Hall–Kier alpha value is -4.85. The van der Waals surface area contributed by atoms with Crippen LogP contribution in [0.3, 0.4) is 0 Å². The molecule has 2 N–H and O–H groups in total. The minimum Gasteiger partial charge on any atom is -0.508 e. The Morgan fingerprint density at radius 1 is 1.03 bits per heavy atom. The van der Waals surface area contributed by atoms with E-state index in [0.29, 0.717) is 33.5 Å². The first-order chi connectivity index (χ1) is 17.3. The first-order valence-corrected chi connectivity index (χ1v) is 11.1. The van der Waals surface area contributed by atoms with Gasteiger partial charge in [0.05, 0.1) is 24.3 Å². The molecule has 8 heteroatoms. The number of nitrogens with one attached hydrogen (secondary N) is 1. The van der Waals surface area contributed by atoms with Gasteiger partial charge in [-0.1, -0.05) is 12.1 Å². The van der Waals surface area contributed by atoms with Gasteiger partial charge in [0, 0.05) is 35.5 Å². The molecule has 0 saturated carbocycles. The van der Waals surface area contributed by atoms with Crippen molar-refractivity contribution in [1.82, 2.24) is 0 Å². The summed E-state index contributed by atoms with van der Waals surface area (Å²) in [5.74, 6) is 0.281. The van der Waals surface area contributed by atoms with Crippen LogP contribution in [-0.4, -0.2) is 18.1 Å². The second kappa shape index (κ2) is 9.07. The number of phenols is 1. The van der Waals surface area contributed by atoms with Crippen LogP contribution in [0.25, 0.3) is 33.1 Å². The first kappa shape index (κ1) is 22.9. The summed E-state index contributed by atoms with van der Waals surface area (Å²) < 4.78 is 16.5. The summed E-state index contributed by atoms with van der Waals surface area (Å²) in [4.78, 5) is 37.5. The van der Waals surface area contributed by atoms with Gasteiger partial charge in [-0.2, -0.15) is 0 Å². The lowest BCUT2D eigenvalue weighted by molar-refractivity contribution is -0.114. The Morgan fingerprint density at radius 2 is 1.81 bits per heavy atom. The maximum Gasteiger partial charge on any atom is 0.344 e. The normalized spacial score (nSPS) is 11.1. The SMILES string of the molecule is COc1ccc(-c2cc3ccc(O)c(Cc4coc5ccc(NC(C)=O)cc5c4=O)c3oc2=O)cc1. The molecular formula is C28H21NO7. The number of phenolic OH excluding ortho intramolecular Hbond substituents is 1. The van der Waals surface area contributed by atoms with Crippen molar-refractivity contribution in [2.45, 2.75) is 13.3 Å². The smallest absolute Gasteiger partial charge is 0.344 e. The van der Waals surface area contributed by atoms with Crippen molar-refractivity contribution in [2.75, 3.05) is 12.4 Å². The highest BCUT2D eigenvalue weighted by atomic mass is 16.5. The Kier molecular flexibility index (Phi) is 5.77. The molecule has 2 heterocycles. The lowest BCUT2D eigenvalue weighted by atomic mass is 9.99. The fourth-order valence-electron chi connectivity index (χ4n) is 4.14. The van der Waals surface area contributed by atoms with Crippen molar-refractivity contribution in [3.05, 3.63) is 98.7 Å². The molecule has 0 bridgehead atoms. The molecule has 0 aliphatic rings. The van der Waals surface area contributed by atoms with Crippen molar-refractivity contribution in [3.8, 4) is 22.6 Å². The predicted molar refractivity (Wildman–Crippen MR) is 136 cm³/mol. The Balaban J connectivity index is 1.59. The fourth-order valence-corrected chi connectivity index (χ4v) is 4.14. The molecule has 0 saturated heterocycles. The Morgan fingerprint density at radius 3 is 2.53 bits per heavy atom. The van der Waals surface area contributed by atoms with Crippen LogP contribution >= 0.6 is 0 Å². The third kappa shape index (κ3) is 4.20. The maximum absolute atomic E-state index is 13.2. The van der Waals surface area contributed by atoms with Crippen molar-refractivity contribution in [3.63, 3.8) is 0 Å². The van der Waals surface area contributed by atoms with E-state index in [0.717, 1.165) is 0 Å². The molecule has 5 rings (SSSR count). The van der Waals surface area contributed by atoms with E-state index in [4.69, 9.17) is 13.6 Å². The average molecular weight is 483 g/mol. The van der Waals surface area contributed by atoms with Crippen molar-refractivity contribution in [1.29, 1.82) is 0 Å². The van der Waals surface area contributed by atoms with Crippen molar-refractivity contribution < 1.29 is 23.5 Å².